The van der Waals surface area contributed by atoms with Gasteiger partial charge >= 0.3 is 7.12 Å². The summed E-state index contributed by atoms with van der Waals surface area (Å²) >= 11 is 3.61. The van der Waals surface area contributed by atoms with Crippen LogP contribution in [-0.2, 0) is 0 Å². The van der Waals surface area contributed by atoms with Crippen LogP contribution in [-0.4, -0.2) is 35.4 Å². The topological polar surface area (TPSA) is 60.2 Å². The second kappa shape index (κ2) is 27.3. The van der Waals surface area contributed by atoms with Crippen molar-refractivity contribution in [2.45, 2.75) is 0 Å². The van der Waals surface area contributed by atoms with Crippen LogP contribution >= 0.6 is 15.9 Å². The van der Waals surface area contributed by atoms with Gasteiger partial charge in [-0.15, -0.1) is 0 Å². The van der Waals surface area contributed by atoms with Gasteiger partial charge in [0.25, 0.3) is 0 Å². The van der Waals surface area contributed by atoms with Gasteiger partial charge in [-0.05, 0) is 182 Å². The predicted molar refractivity (Wildman–Crippen MR) is 441 cm³/mol. The molecule has 0 saturated heterocycles. The van der Waals surface area contributed by atoms with Gasteiger partial charge < -0.3 is 28.3 Å². The predicted octanol–water partition coefficient (Wildman–Crippen LogP) is 24.2. The van der Waals surface area contributed by atoms with E-state index in [0.29, 0.717) is 5.46 Å². The van der Waals surface area contributed by atoms with Crippen molar-refractivity contribution in [1.82, 2.24) is 18.3 Å². The average Bonchev–Trinajstić information content (AvgIpc) is 1.65. The molecule has 4 heterocycles. The van der Waals surface area contributed by atoms with Crippen LogP contribution < -0.4 is 5.46 Å². The minimum Gasteiger partial charge on any atom is -0.423 e. The van der Waals surface area contributed by atoms with Crippen molar-refractivity contribution in [3.63, 3.8) is 0 Å². The fourth-order valence-electron chi connectivity index (χ4n) is 15.3. The SMILES string of the molecule is Brc1ccc2c(c1)c1ccccc1n2-c1ccc(-c2ccccc2)cc1.OB(O)c1ccc2c(c1)c1ccccc1n2-c1cccc(-c2ccccc2)c1.c1ccc(-c2ccc(-n3c4ccccc4c4cc(-c5ccc6c(c5)c5ccccc5n6-c5cccc(-c6ccccc6)c5)ccc43)cc2)cc1. The largest absolute Gasteiger partial charge is 0.488 e. The first-order valence-corrected chi connectivity index (χ1v) is 35.9. The van der Waals surface area contributed by atoms with E-state index in [4.69, 9.17) is 0 Å². The Morgan fingerprint density at radius 3 is 0.817 bits per heavy atom. The van der Waals surface area contributed by atoms with Crippen molar-refractivity contribution in [3.05, 3.63) is 393 Å². The monoisotopic (exact) mass is 1400 g/mol. The zero-order chi connectivity index (χ0) is 69.6. The highest BCUT2D eigenvalue weighted by Crippen LogP contribution is 2.41. The highest BCUT2D eigenvalue weighted by molar-refractivity contribution is 9.10. The normalized spacial score (nSPS) is 11.4. The number of hydrogen-bond acceptors (Lipinski definition) is 2. The van der Waals surface area contributed by atoms with E-state index in [1.165, 1.54) is 121 Å². The highest BCUT2D eigenvalue weighted by Gasteiger charge is 2.20. The van der Waals surface area contributed by atoms with Gasteiger partial charge in [-0.1, -0.05) is 283 Å². The number of nitrogens with zero attached hydrogens (tertiary/aromatic N) is 4. The molecule has 6 nitrogen and oxygen atoms in total. The molecule has 0 fully saturated rings. The Morgan fingerprint density at radius 2 is 0.442 bits per heavy atom. The summed E-state index contributed by atoms with van der Waals surface area (Å²) in [7, 11) is -1.48. The van der Waals surface area contributed by atoms with E-state index >= 15 is 0 Å². The van der Waals surface area contributed by atoms with Gasteiger partial charge in [-0.2, -0.15) is 0 Å². The fourth-order valence-corrected chi connectivity index (χ4v) is 15.7. The van der Waals surface area contributed by atoms with E-state index in [2.05, 4.69) is 368 Å². The van der Waals surface area contributed by atoms with E-state index in [1.54, 1.807) is 6.07 Å². The van der Waals surface area contributed by atoms with Crippen LogP contribution in [0.1, 0.15) is 0 Å². The molecule has 4 aromatic heterocycles. The Labute approximate surface area is 611 Å². The number of fused-ring (bicyclic) bond motifs is 12. The maximum atomic E-state index is 9.59. The first-order valence-electron chi connectivity index (χ1n) is 35.1. The van der Waals surface area contributed by atoms with Gasteiger partial charge in [-0.25, -0.2) is 0 Å². The molecule has 0 spiro atoms. The fraction of sp³-hybridized carbons (Fsp3) is 0. The van der Waals surface area contributed by atoms with Gasteiger partial charge in [0.15, 0.2) is 0 Å². The van der Waals surface area contributed by atoms with Crippen LogP contribution in [0, 0.1) is 0 Å². The molecular formula is C96H66BBrN4O2. The molecule has 0 amide bonds. The number of hydrogen-bond donors (Lipinski definition) is 2. The molecular weight excluding hydrogens is 1330 g/mol. The number of benzene rings is 16. The van der Waals surface area contributed by atoms with Gasteiger partial charge in [0.1, 0.15) is 0 Å². The first kappa shape index (κ1) is 63.4. The van der Waals surface area contributed by atoms with Crippen molar-refractivity contribution in [2.24, 2.45) is 0 Å². The zero-order valence-corrected chi connectivity index (χ0v) is 58.2. The Morgan fingerprint density at radius 1 is 0.183 bits per heavy atom. The smallest absolute Gasteiger partial charge is 0.423 e. The lowest BCUT2D eigenvalue weighted by Gasteiger charge is -2.11. The Balaban J connectivity index is 0.000000121. The van der Waals surface area contributed by atoms with E-state index in [1.807, 2.05) is 48.5 Å². The van der Waals surface area contributed by atoms with Crippen LogP contribution in [0.3, 0.4) is 0 Å². The number of rotatable bonds is 10. The lowest BCUT2D eigenvalue weighted by molar-refractivity contribution is 0.426. The summed E-state index contributed by atoms with van der Waals surface area (Å²) < 4.78 is 10.5. The summed E-state index contributed by atoms with van der Waals surface area (Å²) in [4.78, 5) is 0. The van der Waals surface area contributed by atoms with E-state index in [9.17, 15) is 10.0 Å². The number of halogens is 1. The maximum Gasteiger partial charge on any atom is 0.488 e. The summed E-state index contributed by atoms with van der Waals surface area (Å²) in [5.74, 6) is 0. The molecule has 104 heavy (non-hydrogen) atoms. The highest BCUT2D eigenvalue weighted by atomic mass is 79.9. The molecule has 0 aliphatic heterocycles. The second-order valence-electron chi connectivity index (χ2n) is 26.3. The average molecular weight is 1400 g/mol. The standard InChI is InChI=1S/C48H32N2.C24H18BNO2.C24H16BrN/c1-3-12-33(13-4-1)35-22-26-39(27-23-35)49-45-20-9-7-18-41(45)43-31-37(24-28-47(43)49)38-25-29-48-44(32-38)42-19-8-10-21-46(42)50(48)40-17-11-16-36(30-40)34-14-5-2-6-15-34;27-25(28)19-13-14-24-22(16-19)21-11-4-5-12-23(21)26(24)20-10-6-9-18(15-20)17-7-2-1-3-8-17;25-19-12-15-24-22(16-19)21-8-4-5-9-23(21)26(24)20-13-10-18(11-14-20)17-6-2-1-3-7-17/h1-32H;1-16,27-28H;1-16H. The van der Waals surface area contributed by atoms with Crippen molar-refractivity contribution in [3.8, 4) is 78.4 Å². The third-order valence-electron chi connectivity index (χ3n) is 20.2. The molecule has 0 aliphatic carbocycles. The summed E-state index contributed by atoms with van der Waals surface area (Å²) in [6, 6.07) is 137. The molecule has 492 valence electrons. The van der Waals surface area contributed by atoms with Gasteiger partial charge in [0.05, 0.1) is 44.1 Å². The van der Waals surface area contributed by atoms with Crippen LogP contribution in [0.2, 0.25) is 0 Å². The molecule has 0 unspecified atom stereocenters. The van der Waals surface area contributed by atoms with Gasteiger partial charge in [0, 0.05) is 70.3 Å². The summed E-state index contributed by atoms with van der Waals surface area (Å²) in [6.07, 6.45) is 0. The van der Waals surface area contributed by atoms with Crippen LogP contribution in [0.4, 0.5) is 0 Å². The van der Waals surface area contributed by atoms with Crippen molar-refractivity contribution < 1.29 is 10.0 Å². The van der Waals surface area contributed by atoms with Crippen LogP contribution in [0.5, 0.6) is 0 Å². The van der Waals surface area contributed by atoms with Gasteiger partial charge in [-0.3, -0.25) is 0 Å². The van der Waals surface area contributed by atoms with Crippen molar-refractivity contribution in [2.75, 3.05) is 0 Å². The summed E-state index contributed by atoms with van der Waals surface area (Å²) in [5, 5.41) is 28.8. The minimum atomic E-state index is -1.48. The lowest BCUT2D eigenvalue weighted by Crippen LogP contribution is -2.29. The van der Waals surface area contributed by atoms with E-state index in [-0.39, 0.29) is 0 Å². The van der Waals surface area contributed by atoms with Gasteiger partial charge in [0.2, 0.25) is 0 Å². The molecule has 0 saturated carbocycles. The summed E-state index contributed by atoms with van der Waals surface area (Å²) in [5.41, 5.74) is 26.6. The Hall–Kier alpha value is -12.8. The molecule has 20 rings (SSSR count). The molecule has 0 atom stereocenters. The molecule has 0 aliphatic rings. The molecule has 20 aromatic rings. The maximum absolute atomic E-state index is 9.59. The molecule has 16 aromatic carbocycles. The molecule has 0 bridgehead atoms. The third kappa shape index (κ3) is 11.7. The quantitative estimate of drug-likeness (QED) is 0.134. The molecule has 2 N–H and O–H groups in total. The summed E-state index contributed by atoms with van der Waals surface area (Å²) in [6.45, 7) is 0. The minimum absolute atomic E-state index is 0.494. The van der Waals surface area contributed by atoms with E-state index in [0.717, 1.165) is 48.9 Å². The van der Waals surface area contributed by atoms with Crippen LogP contribution in [0.25, 0.3) is 166 Å². The van der Waals surface area contributed by atoms with Crippen molar-refractivity contribution >= 4 is 116 Å². The number of aromatic nitrogens is 4. The number of para-hydroxylation sites is 4. The third-order valence-corrected chi connectivity index (χ3v) is 20.7. The second-order valence-corrected chi connectivity index (χ2v) is 27.3. The van der Waals surface area contributed by atoms with Crippen LogP contribution in [0.15, 0.2) is 393 Å². The molecule has 8 heteroatoms. The molecule has 0 radical (unpaired) electrons. The Bertz CT molecular complexity index is 6560. The van der Waals surface area contributed by atoms with Crippen molar-refractivity contribution in [1.29, 1.82) is 0 Å². The lowest BCUT2D eigenvalue weighted by atomic mass is 9.80. The Kier molecular flexibility index (Phi) is 16.6. The van der Waals surface area contributed by atoms with E-state index < -0.39 is 7.12 Å². The zero-order valence-electron chi connectivity index (χ0n) is 56.6. The first-order chi connectivity index (χ1) is 51.3.